The van der Waals surface area contributed by atoms with Crippen molar-refractivity contribution in [1.82, 2.24) is 9.88 Å². The average Bonchev–Trinajstić information content (AvgIpc) is 2.45. The van der Waals surface area contributed by atoms with Crippen LogP contribution in [0, 0.1) is 11.3 Å². The van der Waals surface area contributed by atoms with Crippen LogP contribution in [0.25, 0.3) is 0 Å². The predicted molar refractivity (Wildman–Crippen MR) is 85.4 cm³/mol. The highest BCUT2D eigenvalue weighted by molar-refractivity contribution is 6.29. The Morgan fingerprint density at radius 2 is 2.22 bits per heavy atom. The summed E-state index contributed by atoms with van der Waals surface area (Å²) < 4.78 is 11.3. The highest BCUT2D eigenvalue weighted by atomic mass is 35.5. The number of hydrogen-bond acceptors (Lipinski definition) is 5. The van der Waals surface area contributed by atoms with Crippen LogP contribution in [-0.4, -0.2) is 40.8 Å². The molecule has 1 fully saturated rings. The first-order chi connectivity index (χ1) is 10.8. The molecule has 0 radical (unpaired) electrons. The van der Waals surface area contributed by atoms with E-state index in [0.29, 0.717) is 18.8 Å². The van der Waals surface area contributed by atoms with Crippen molar-refractivity contribution >= 4 is 17.7 Å². The van der Waals surface area contributed by atoms with Crippen LogP contribution in [0.3, 0.4) is 0 Å². The lowest BCUT2D eigenvalue weighted by atomic mass is 10.1. The summed E-state index contributed by atoms with van der Waals surface area (Å²) in [5.74, 6) is 0.484. The molecule has 1 aromatic heterocycles. The number of pyridine rings is 1. The molecule has 124 valence electrons. The van der Waals surface area contributed by atoms with Crippen LogP contribution in [0.5, 0.6) is 5.75 Å². The average molecular weight is 338 g/mol. The number of piperidine rings is 1. The molecule has 1 unspecified atom stereocenters. The van der Waals surface area contributed by atoms with E-state index in [1.165, 1.54) is 6.07 Å². The van der Waals surface area contributed by atoms with Crippen molar-refractivity contribution in [2.75, 3.05) is 13.1 Å². The number of carbonyl (C=O) groups excluding carboxylic acids is 1. The second-order valence-electron chi connectivity index (χ2n) is 6.43. The minimum absolute atomic E-state index is 0.165. The monoisotopic (exact) mass is 337 g/mol. The summed E-state index contributed by atoms with van der Waals surface area (Å²) in [5, 5.41) is 9.13. The van der Waals surface area contributed by atoms with Gasteiger partial charge in [-0.25, -0.2) is 9.78 Å². The summed E-state index contributed by atoms with van der Waals surface area (Å²) >= 11 is 5.87. The van der Waals surface area contributed by atoms with E-state index in [-0.39, 0.29) is 23.0 Å². The Bertz CT molecular complexity index is 622. The molecule has 6 nitrogen and oxygen atoms in total. The van der Waals surface area contributed by atoms with Gasteiger partial charge in [-0.3, -0.25) is 0 Å². The third kappa shape index (κ3) is 5.29. The molecule has 1 amide bonds. The number of hydrogen-bond donors (Lipinski definition) is 0. The van der Waals surface area contributed by atoms with Gasteiger partial charge in [-0.15, -0.1) is 0 Å². The summed E-state index contributed by atoms with van der Waals surface area (Å²) in [5.41, 5.74) is -0.321. The van der Waals surface area contributed by atoms with Gasteiger partial charge in [0, 0.05) is 18.7 Å². The van der Waals surface area contributed by atoms with Crippen LogP contribution in [0.4, 0.5) is 4.79 Å². The number of aromatic nitrogens is 1. The molecular weight excluding hydrogens is 318 g/mol. The summed E-state index contributed by atoms with van der Waals surface area (Å²) in [6.45, 7) is 6.60. The van der Waals surface area contributed by atoms with Gasteiger partial charge in [-0.05, 0) is 33.6 Å². The van der Waals surface area contributed by atoms with Gasteiger partial charge >= 0.3 is 6.09 Å². The number of rotatable bonds is 2. The van der Waals surface area contributed by atoms with Gasteiger partial charge in [0.05, 0.1) is 6.54 Å². The molecule has 0 N–H and O–H groups in total. The Morgan fingerprint density at radius 1 is 1.48 bits per heavy atom. The predicted octanol–water partition coefficient (Wildman–Crippen LogP) is 3.38. The first-order valence-corrected chi connectivity index (χ1v) is 7.87. The van der Waals surface area contributed by atoms with Gasteiger partial charge in [-0.1, -0.05) is 11.6 Å². The lowest BCUT2D eigenvalue weighted by Gasteiger charge is -2.34. The van der Waals surface area contributed by atoms with E-state index in [1.807, 2.05) is 26.8 Å². The highest BCUT2D eigenvalue weighted by Gasteiger charge is 2.28. The van der Waals surface area contributed by atoms with Crippen LogP contribution in [0.1, 0.15) is 39.3 Å². The number of halogens is 1. The smallest absolute Gasteiger partial charge is 0.410 e. The van der Waals surface area contributed by atoms with Gasteiger partial charge in [0.1, 0.15) is 34.4 Å². The number of nitrogens with zero attached hydrogens (tertiary/aromatic N) is 3. The van der Waals surface area contributed by atoms with Crippen molar-refractivity contribution < 1.29 is 14.3 Å². The fraction of sp³-hybridized carbons (Fsp3) is 0.562. The van der Waals surface area contributed by atoms with Gasteiger partial charge in [0.15, 0.2) is 0 Å². The van der Waals surface area contributed by atoms with Gasteiger partial charge in [0.25, 0.3) is 0 Å². The molecule has 1 aliphatic heterocycles. The largest absolute Gasteiger partial charge is 0.488 e. The fourth-order valence-electron chi connectivity index (χ4n) is 2.32. The molecule has 1 atom stereocenters. The van der Waals surface area contributed by atoms with Crippen molar-refractivity contribution in [3.63, 3.8) is 0 Å². The Labute approximate surface area is 141 Å². The van der Waals surface area contributed by atoms with Crippen LogP contribution >= 0.6 is 11.6 Å². The zero-order valence-corrected chi connectivity index (χ0v) is 14.3. The maximum atomic E-state index is 12.1. The molecule has 23 heavy (non-hydrogen) atoms. The van der Waals surface area contributed by atoms with Crippen LogP contribution in [0.15, 0.2) is 12.1 Å². The van der Waals surface area contributed by atoms with Crippen LogP contribution in [-0.2, 0) is 4.74 Å². The van der Waals surface area contributed by atoms with Crippen molar-refractivity contribution in [3.8, 4) is 11.8 Å². The third-order valence-corrected chi connectivity index (χ3v) is 3.41. The van der Waals surface area contributed by atoms with E-state index in [9.17, 15) is 4.79 Å². The van der Waals surface area contributed by atoms with E-state index in [4.69, 9.17) is 26.3 Å². The maximum Gasteiger partial charge on any atom is 0.410 e. The third-order valence-electron chi connectivity index (χ3n) is 3.21. The highest BCUT2D eigenvalue weighted by Crippen LogP contribution is 2.23. The quantitative estimate of drug-likeness (QED) is 0.773. The number of carbonyl (C=O) groups is 1. The second kappa shape index (κ2) is 7.05. The number of amides is 1. The molecule has 7 heteroatoms. The molecule has 0 aromatic carbocycles. The van der Waals surface area contributed by atoms with Crippen LogP contribution in [0.2, 0.25) is 5.15 Å². The molecule has 1 aliphatic rings. The molecule has 0 spiro atoms. The molecule has 0 aliphatic carbocycles. The van der Waals surface area contributed by atoms with Crippen molar-refractivity contribution in [2.24, 2.45) is 0 Å². The summed E-state index contributed by atoms with van der Waals surface area (Å²) in [4.78, 5) is 17.7. The topological polar surface area (TPSA) is 75.4 Å². The Kier molecular flexibility index (Phi) is 5.32. The SMILES string of the molecule is CC(C)(C)OC(=O)N1CCCC(Oc2cc(Cl)nc(C#N)c2)C1. The number of ether oxygens (including phenoxy) is 2. The molecule has 1 aromatic rings. The Hall–Kier alpha value is -2.00. The van der Waals surface area contributed by atoms with Crippen molar-refractivity contribution in [1.29, 1.82) is 5.26 Å². The van der Waals surface area contributed by atoms with E-state index < -0.39 is 5.60 Å². The Morgan fingerprint density at radius 3 is 2.87 bits per heavy atom. The van der Waals surface area contributed by atoms with Crippen molar-refractivity contribution in [3.05, 3.63) is 23.0 Å². The molecule has 2 rings (SSSR count). The van der Waals surface area contributed by atoms with E-state index in [1.54, 1.807) is 11.0 Å². The van der Waals surface area contributed by atoms with Gasteiger partial charge in [-0.2, -0.15) is 5.26 Å². The van der Waals surface area contributed by atoms with Crippen molar-refractivity contribution in [2.45, 2.75) is 45.3 Å². The minimum atomic E-state index is -0.523. The maximum absolute atomic E-state index is 12.1. The van der Waals surface area contributed by atoms with Gasteiger partial charge in [0.2, 0.25) is 0 Å². The van der Waals surface area contributed by atoms with E-state index >= 15 is 0 Å². The van der Waals surface area contributed by atoms with E-state index in [0.717, 1.165) is 12.8 Å². The fourth-order valence-corrected chi connectivity index (χ4v) is 2.52. The summed E-state index contributed by atoms with van der Waals surface area (Å²) in [7, 11) is 0. The zero-order valence-electron chi connectivity index (χ0n) is 13.5. The molecule has 0 saturated carbocycles. The number of nitriles is 1. The van der Waals surface area contributed by atoms with E-state index in [2.05, 4.69) is 4.98 Å². The van der Waals surface area contributed by atoms with Crippen LogP contribution < -0.4 is 4.74 Å². The molecule has 2 heterocycles. The molecule has 0 bridgehead atoms. The summed E-state index contributed by atoms with van der Waals surface area (Å²) in [6, 6.07) is 5.04. The summed E-state index contributed by atoms with van der Waals surface area (Å²) in [6.07, 6.45) is 1.15. The molecule has 1 saturated heterocycles. The normalized spacial score (nSPS) is 18.2. The lowest BCUT2D eigenvalue weighted by molar-refractivity contribution is 0.00774. The zero-order chi connectivity index (χ0) is 17.0. The first-order valence-electron chi connectivity index (χ1n) is 7.49. The van der Waals surface area contributed by atoms with Gasteiger partial charge < -0.3 is 14.4 Å². The Balaban J connectivity index is 2.00. The standard InChI is InChI=1S/C16H20ClN3O3/c1-16(2,3)23-15(21)20-6-4-5-12(10-20)22-13-7-11(9-18)19-14(17)8-13/h7-8,12H,4-6,10H2,1-3H3. The molecular formula is C16H20ClN3O3. The number of likely N-dealkylation sites (tertiary alicyclic amines) is 1. The first kappa shape index (κ1) is 17.4. The lowest BCUT2D eigenvalue weighted by Crippen LogP contribution is -2.46. The second-order valence-corrected chi connectivity index (χ2v) is 6.82. The minimum Gasteiger partial charge on any atom is -0.488 e.